The van der Waals surface area contributed by atoms with E-state index in [1.165, 1.54) is 12.0 Å². The molecule has 2 aliphatic rings. The average molecular weight is 219 g/mol. The Kier molecular flexibility index (Phi) is 2.45. The van der Waals surface area contributed by atoms with Gasteiger partial charge in [0.05, 0.1) is 0 Å². The summed E-state index contributed by atoms with van der Waals surface area (Å²) >= 11 is 0. The summed E-state index contributed by atoms with van der Waals surface area (Å²) in [5, 5.41) is 0. The van der Waals surface area contributed by atoms with Crippen LogP contribution >= 0.6 is 0 Å². The lowest BCUT2D eigenvalue weighted by Crippen LogP contribution is -2.19. The average Bonchev–Trinajstić information content (AvgIpc) is 2.88. The maximum absolute atomic E-state index is 13.7. The van der Waals surface area contributed by atoms with Crippen molar-refractivity contribution in [2.24, 2.45) is 11.8 Å². The summed E-state index contributed by atoms with van der Waals surface area (Å²) in [6.45, 7) is 2.12. The summed E-state index contributed by atoms with van der Waals surface area (Å²) in [6, 6.07) is 4.26. The van der Waals surface area contributed by atoms with Crippen molar-refractivity contribution in [2.45, 2.75) is 44.7 Å². The van der Waals surface area contributed by atoms with Crippen LogP contribution in [-0.4, -0.2) is 11.2 Å². The fourth-order valence-corrected chi connectivity index (χ4v) is 3.57. The van der Waals surface area contributed by atoms with E-state index in [0.29, 0.717) is 11.8 Å². The third-order valence-electron chi connectivity index (χ3n) is 4.36. The number of aryl methyl sites for hydroxylation is 1. The van der Waals surface area contributed by atoms with Crippen molar-refractivity contribution in [1.29, 1.82) is 0 Å². The second-order valence-corrected chi connectivity index (χ2v) is 5.29. The Morgan fingerprint density at radius 3 is 2.94 bits per heavy atom. The van der Waals surface area contributed by atoms with Crippen molar-refractivity contribution in [3.05, 3.63) is 29.6 Å². The summed E-state index contributed by atoms with van der Waals surface area (Å²) in [4.78, 5) is 4.32. The van der Waals surface area contributed by atoms with Crippen molar-refractivity contribution in [3.8, 4) is 0 Å². The maximum Gasteiger partial charge on any atom is 0.104 e. The minimum atomic E-state index is -0.554. The Labute approximate surface area is 96.1 Å². The van der Waals surface area contributed by atoms with Gasteiger partial charge in [0.25, 0.3) is 0 Å². The van der Waals surface area contributed by atoms with Gasteiger partial charge in [-0.05, 0) is 61.1 Å². The topological polar surface area (TPSA) is 12.9 Å². The predicted octanol–water partition coefficient (Wildman–Crippen LogP) is 3.50. The first-order valence-corrected chi connectivity index (χ1v) is 6.36. The van der Waals surface area contributed by atoms with Gasteiger partial charge < -0.3 is 0 Å². The van der Waals surface area contributed by atoms with E-state index in [1.54, 1.807) is 0 Å². The van der Waals surface area contributed by atoms with Gasteiger partial charge in [-0.3, -0.25) is 4.98 Å². The molecule has 0 N–H and O–H groups in total. The summed E-state index contributed by atoms with van der Waals surface area (Å²) in [7, 11) is 0. The molecule has 16 heavy (non-hydrogen) atoms. The number of nitrogens with zero attached hydrogens (tertiary/aromatic N) is 1. The van der Waals surface area contributed by atoms with Gasteiger partial charge in [0.1, 0.15) is 6.17 Å². The largest absolute Gasteiger partial charge is 0.261 e. The Hall–Kier alpha value is -0.920. The van der Waals surface area contributed by atoms with Crippen molar-refractivity contribution in [2.75, 3.05) is 0 Å². The van der Waals surface area contributed by atoms with Crippen LogP contribution in [0.5, 0.6) is 0 Å². The van der Waals surface area contributed by atoms with Gasteiger partial charge >= 0.3 is 0 Å². The van der Waals surface area contributed by atoms with Crippen molar-refractivity contribution < 1.29 is 4.39 Å². The van der Waals surface area contributed by atoms with Crippen molar-refractivity contribution in [1.82, 2.24) is 4.98 Å². The predicted molar refractivity (Wildman–Crippen MR) is 62.1 cm³/mol. The molecule has 0 amide bonds. The van der Waals surface area contributed by atoms with Gasteiger partial charge in [-0.15, -0.1) is 0 Å². The monoisotopic (exact) mass is 219 g/mol. The molecule has 4 unspecified atom stereocenters. The molecule has 1 nitrogen and oxygen atoms in total. The molecule has 2 heteroatoms. The van der Waals surface area contributed by atoms with E-state index in [2.05, 4.69) is 24.0 Å². The molecular formula is C14H18FN. The van der Waals surface area contributed by atoms with Gasteiger partial charge in [-0.2, -0.15) is 0 Å². The molecule has 1 aromatic heterocycles. The number of fused-ring (bicyclic) bond motifs is 2. The number of hydrogen-bond donors (Lipinski definition) is 0. The molecule has 86 valence electrons. The lowest BCUT2D eigenvalue weighted by Gasteiger charge is -2.25. The SMILES string of the molecule is CCc1cc(C2CC3CC(F)C2C3)ccn1. The van der Waals surface area contributed by atoms with Gasteiger partial charge in [0.2, 0.25) is 0 Å². The number of hydrogen-bond acceptors (Lipinski definition) is 1. The van der Waals surface area contributed by atoms with Crippen LogP contribution in [0.3, 0.4) is 0 Å². The molecule has 2 bridgehead atoms. The Morgan fingerprint density at radius 1 is 1.38 bits per heavy atom. The molecule has 0 aliphatic heterocycles. The van der Waals surface area contributed by atoms with Crippen LogP contribution in [-0.2, 0) is 6.42 Å². The van der Waals surface area contributed by atoms with Crippen LogP contribution < -0.4 is 0 Å². The maximum atomic E-state index is 13.7. The first kappa shape index (κ1) is 10.2. The van der Waals surface area contributed by atoms with Gasteiger partial charge in [-0.1, -0.05) is 6.92 Å². The smallest absolute Gasteiger partial charge is 0.104 e. The number of rotatable bonds is 2. The molecule has 2 fully saturated rings. The van der Waals surface area contributed by atoms with Crippen LogP contribution in [0.1, 0.15) is 43.4 Å². The highest BCUT2D eigenvalue weighted by atomic mass is 19.1. The number of aromatic nitrogens is 1. The fraction of sp³-hybridized carbons (Fsp3) is 0.643. The Balaban J connectivity index is 1.87. The number of alkyl halides is 1. The molecule has 0 aromatic carbocycles. The quantitative estimate of drug-likeness (QED) is 0.742. The van der Waals surface area contributed by atoms with E-state index in [0.717, 1.165) is 25.0 Å². The standard InChI is InChI=1S/C14H18FN/c1-2-11-8-10(3-4-16-11)12-5-9-6-13(12)14(15)7-9/h3-4,8-9,12-14H,2,5-7H2,1H3. The minimum absolute atomic E-state index is 0.289. The van der Waals surface area contributed by atoms with Crippen molar-refractivity contribution >= 4 is 0 Å². The molecule has 4 atom stereocenters. The lowest BCUT2D eigenvalue weighted by atomic mass is 9.82. The van der Waals surface area contributed by atoms with E-state index in [1.807, 2.05) is 6.20 Å². The van der Waals surface area contributed by atoms with Crippen LogP contribution in [0.2, 0.25) is 0 Å². The van der Waals surface area contributed by atoms with Crippen molar-refractivity contribution in [3.63, 3.8) is 0 Å². The normalized spacial score (nSPS) is 36.9. The zero-order chi connectivity index (χ0) is 11.1. The van der Waals surface area contributed by atoms with E-state index < -0.39 is 6.17 Å². The summed E-state index contributed by atoms with van der Waals surface area (Å²) in [5.74, 6) is 1.39. The van der Waals surface area contributed by atoms with Gasteiger partial charge in [-0.25, -0.2) is 4.39 Å². The highest BCUT2D eigenvalue weighted by molar-refractivity contribution is 5.24. The first-order valence-electron chi connectivity index (χ1n) is 6.36. The van der Waals surface area contributed by atoms with E-state index in [4.69, 9.17) is 0 Å². The molecule has 0 spiro atoms. The zero-order valence-corrected chi connectivity index (χ0v) is 9.70. The molecule has 2 aliphatic carbocycles. The van der Waals surface area contributed by atoms with E-state index >= 15 is 0 Å². The second-order valence-electron chi connectivity index (χ2n) is 5.29. The van der Waals surface area contributed by atoms with E-state index in [9.17, 15) is 4.39 Å². The first-order chi connectivity index (χ1) is 7.78. The highest BCUT2D eigenvalue weighted by Gasteiger charge is 2.46. The lowest BCUT2D eigenvalue weighted by molar-refractivity contribution is 0.209. The van der Waals surface area contributed by atoms with Crippen LogP contribution in [0, 0.1) is 11.8 Å². The minimum Gasteiger partial charge on any atom is -0.261 e. The van der Waals surface area contributed by atoms with Crippen LogP contribution in [0.4, 0.5) is 4.39 Å². The van der Waals surface area contributed by atoms with Crippen LogP contribution in [0.25, 0.3) is 0 Å². The Bertz CT molecular complexity index is 390. The molecule has 1 heterocycles. The third-order valence-corrected chi connectivity index (χ3v) is 4.36. The summed E-state index contributed by atoms with van der Waals surface area (Å²) < 4.78 is 13.7. The number of pyridine rings is 1. The van der Waals surface area contributed by atoms with Gasteiger partial charge in [0.15, 0.2) is 0 Å². The molecular weight excluding hydrogens is 201 g/mol. The number of halogens is 1. The molecule has 2 saturated carbocycles. The fourth-order valence-electron chi connectivity index (χ4n) is 3.57. The molecule has 3 rings (SSSR count). The summed E-state index contributed by atoms with van der Waals surface area (Å²) in [5.41, 5.74) is 2.46. The third kappa shape index (κ3) is 1.55. The van der Waals surface area contributed by atoms with Gasteiger partial charge in [0, 0.05) is 11.9 Å². The summed E-state index contributed by atoms with van der Waals surface area (Å²) in [6.07, 6.45) is 5.41. The molecule has 0 saturated heterocycles. The van der Waals surface area contributed by atoms with Crippen LogP contribution in [0.15, 0.2) is 18.3 Å². The molecule has 1 aromatic rings. The Morgan fingerprint density at radius 2 is 2.25 bits per heavy atom. The zero-order valence-electron chi connectivity index (χ0n) is 9.70. The molecule has 0 radical (unpaired) electrons. The highest BCUT2D eigenvalue weighted by Crippen LogP contribution is 2.53. The van der Waals surface area contributed by atoms with E-state index in [-0.39, 0.29) is 5.92 Å². The second kappa shape index (κ2) is 3.83.